The van der Waals surface area contributed by atoms with E-state index in [0.29, 0.717) is 18.0 Å². The van der Waals surface area contributed by atoms with Gasteiger partial charge in [0.2, 0.25) is 0 Å². The van der Waals surface area contributed by atoms with Crippen LogP contribution >= 0.6 is 0 Å². The van der Waals surface area contributed by atoms with E-state index in [9.17, 15) is 4.79 Å². The van der Waals surface area contributed by atoms with Gasteiger partial charge in [-0.05, 0) is 30.3 Å². The van der Waals surface area contributed by atoms with Crippen molar-refractivity contribution in [2.45, 2.75) is 6.04 Å². The lowest BCUT2D eigenvalue weighted by Gasteiger charge is -2.24. The minimum Gasteiger partial charge on any atom is -0.491 e. The molecule has 170 valence electrons. The van der Waals surface area contributed by atoms with E-state index in [4.69, 9.17) is 10.5 Å². The van der Waals surface area contributed by atoms with Crippen LogP contribution in [0.25, 0.3) is 33.1 Å². The third-order valence-corrected chi connectivity index (χ3v) is 6.52. The van der Waals surface area contributed by atoms with Gasteiger partial charge in [-0.25, -0.2) is 4.98 Å². The van der Waals surface area contributed by atoms with Crippen LogP contribution in [0.15, 0.2) is 54.9 Å². The Kier molecular flexibility index (Phi) is 4.35. The predicted molar refractivity (Wildman–Crippen MR) is 129 cm³/mol. The number of anilines is 1. The number of hydrogen-bond acceptors (Lipinski definition) is 6. The molecule has 0 radical (unpaired) electrons. The maximum atomic E-state index is 13.5. The van der Waals surface area contributed by atoms with Crippen LogP contribution in [0.4, 0.5) is 5.82 Å². The highest BCUT2D eigenvalue weighted by molar-refractivity contribution is 6.10. The quantitative estimate of drug-likeness (QED) is 0.449. The lowest BCUT2D eigenvalue weighted by Crippen LogP contribution is -2.32. The van der Waals surface area contributed by atoms with Crippen LogP contribution in [0, 0.1) is 0 Å². The molecule has 1 amide bonds. The van der Waals surface area contributed by atoms with Gasteiger partial charge in [-0.1, -0.05) is 12.1 Å². The Morgan fingerprint density at radius 3 is 2.79 bits per heavy atom. The molecule has 0 fully saturated rings. The summed E-state index contributed by atoms with van der Waals surface area (Å²) >= 11 is 0. The van der Waals surface area contributed by atoms with Crippen LogP contribution in [0.3, 0.4) is 0 Å². The molecule has 0 saturated carbocycles. The number of aromatic nitrogens is 5. The summed E-state index contributed by atoms with van der Waals surface area (Å²) in [5.74, 6) is 1.11. The van der Waals surface area contributed by atoms with E-state index in [1.54, 1.807) is 26.5 Å². The van der Waals surface area contributed by atoms with Crippen molar-refractivity contribution in [1.82, 2.24) is 29.4 Å². The first kappa shape index (κ1) is 20.2. The Morgan fingerprint density at radius 1 is 1.15 bits per heavy atom. The number of hydrogen-bond donors (Lipinski definition) is 1. The molecule has 6 rings (SSSR count). The van der Waals surface area contributed by atoms with Crippen LogP contribution in [-0.2, 0) is 14.1 Å². The highest BCUT2D eigenvalue weighted by Gasteiger charge is 2.31. The Labute approximate surface area is 195 Å². The van der Waals surface area contributed by atoms with Crippen molar-refractivity contribution in [3.05, 3.63) is 66.0 Å². The minimum atomic E-state index is -0.183. The minimum absolute atomic E-state index is 0.0932. The van der Waals surface area contributed by atoms with Gasteiger partial charge in [0.15, 0.2) is 0 Å². The van der Waals surface area contributed by atoms with Crippen molar-refractivity contribution in [2.24, 2.45) is 14.1 Å². The van der Waals surface area contributed by atoms with Crippen LogP contribution in [-0.4, -0.2) is 49.0 Å². The molecular weight excluding hydrogens is 430 g/mol. The molecule has 34 heavy (non-hydrogen) atoms. The Bertz CT molecular complexity index is 1600. The second kappa shape index (κ2) is 7.31. The van der Waals surface area contributed by atoms with Gasteiger partial charge in [0.25, 0.3) is 5.91 Å². The average molecular weight is 454 g/mol. The summed E-state index contributed by atoms with van der Waals surface area (Å²) in [5.41, 5.74) is 11.1. The second-order valence-electron chi connectivity index (χ2n) is 8.63. The largest absolute Gasteiger partial charge is 0.491 e. The summed E-state index contributed by atoms with van der Waals surface area (Å²) in [7, 11) is 5.55. The molecule has 2 aromatic carbocycles. The fourth-order valence-electron chi connectivity index (χ4n) is 4.68. The number of ether oxygens (including phenoxy) is 1. The number of aryl methyl sites for hydroxylation is 2. The van der Waals surface area contributed by atoms with Crippen LogP contribution < -0.4 is 10.5 Å². The summed E-state index contributed by atoms with van der Waals surface area (Å²) in [5, 5.41) is 10.4. The smallest absolute Gasteiger partial charge is 0.254 e. The molecule has 4 heterocycles. The summed E-state index contributed by atoms with van der Waals surface area (Å²) in [6, 6.07) is 13.3. The van der Waals surface area contributed by atoms with Gasteiger partial charge < -0.3 is 15.4 Å². The first-order valence-corrected chi connectivity index (χ1v) is 11.0. The monoisotopic (exact) mass is 453 g/mol. The molecule has 5 aromatic rings. The van der Waals surface area contributed by atoms with E-state index < -0.39 is 0 Å². The number of carbonyl (C=O) groups is 1. The van der Waals surface area contributed by atoms with Crippen molar-refractivity contribution in [3.63, 3.8) is 0 Å². The van der Waals surface area contributed by atoms with Gasteiger partial charge in [-0.15, -0.1) is 0 Å². The van der Waals surface area contributed by atoms with Crippen LogP contribution in [0.1, 0.15) is 22.0 Å². The molecule has 0 spiro atoms. The zero-order chi connectivity index (χ0) is 23.6. The normalized spacial score (nSPS) is 15.0. The molecule has 0 aliphatic carbocycles. The van der Waals surface area contributed by atoms with Gasteiger partial charge in [-0.2, -0.15) is 10.2 Å². The fourth-order valence-corrected chi connectivity index (χ4v) is 4.68. The van der Waals surface area contributed by atoms with Crippen molar-refractivity contribution >= 4 is 33.5 Å². The molecule has 9 nitrogen and oxygen atoms in total. The van der Waals surface area contributed by atoms with Crippen molar-refractivity contribution in [2.75, 3.05) is 19.4 Å². The molecule has 0 saturated heterocycles. The number of nitrogens with zero attached hydrogens (tertiary/aromatic N) is 6. The highest BCUT2D eigenvalue weighted by Crippen LogP contribution is 2.39. The highest BCUT2D eigenvalue weighted by atomic mass is 16.5. The molecule has 9 heteroatoms. The number of fused-ring (bicyclic) bond motifs is 4. The topological polar surface area (TPSA) is 104 Å². The van der Waals surface area contributed by atoms with Crippen molar-refractivity contribution < 1.29 is 9.53 Å². The van der Waals surface area contributed by atoms with E-state index in [1.807, 2.05) is 63.7 Å². The number of rotatable bonds is 3. The average Bonchev–Trinajstić information content (AvgIpc) is 3.56. The molecule has 3 aromatic heterocycles. The third-order valence-electron chi connectivity index (χ3n) is 6.52. The first-order chi connectivity index (χ1) is 16.4. The van der Waals surface area contributed by atoms with Gasteiger partial charge in [0.05, 0.1) is 34.4 Å². The summed E-state index contributed by atoms with van der Waals surface area (Å²) in [6.45, 7) is 0.404. The Hall–Kier alpha value is -4.40. The van der Waals surface area contributed by atoms with Gasteiger partial charge in [-0.3, -0.25) is 14.2 Å². The molecular formula is C25H23N7O2. The van der Waals surface area contributed by atoms with E-state index in [1.165, 1.54) is 0 Å². The van der Waals surface area contributed by atoms with E-state index in [0.717, 1.165) is 44.4 Å². The van der Waals surface area contributed by atoms with E-state index >= 15 is 0 Å². The second-order valence-corrected chi connectivity index (χ2v) is 8.63. The first-order valence-electron chi connectivity index (χ1n) is 11.0. The number of pyridine rings is 1. The fraction of sp³-hybridized carbons (Fsp3) is 0.200. The number of nitrogens with two attached hydrogens (primary N) is 1. The zero-order valence-electron chi connectivity index (χ0n) is 19.1. The molecule has 0 unspecified atom stereocenters. The third kappa shape index (κ3) is 3.01. The predicted octanol–water partition coefficient (Wildman–Crippen LogP) is 3.31. The molecule has 1 aliphatic rings. The Morgan fingerprint density at radius 2 is 2.00 bits per heavy atom. The summed E-state index contributed by atoms with van der Waals surface area (Å²) < 4.78 is 9.50. The number of benzene rings is 2. The van der Waals surface area contributed by atoms with Crippen molar-refractivity contribution in [1.29, 1.82) is 0 Å². The Balaban J connectivity index is 1.34. The molecule has 0 bridgehead atoms. The number of likely N-dealkylation sites (N-methyl/N-ethyl adjacent to an activating group) is 1. The molecule has 2 N–H and O–H groups in total. The number of carbonyl (C=O) groups excluding carboxylic acids is 1. The molecule has 1 atom stereocenters. The standard InChI is InChI=1S/C25H23N7O2/c1-30-9-8-19(29-30)14-4-6-16-21(13-34-22(16)11-14)31(2)25(33)15-5-7-20-17(10-15)23-18(24(26)28-20)12-27-32(23)3/h4-12,21H,13H2,1-3H3,(H2,26,28)/t21-/m1/s1. The van der Waals surface area contributed by atoms with Crippen molar-refractivity contribution in [3.8, 4) is 17.0 Å². The maximum Gasteiger partial charge on any atom is 0.254 e. The number of amides is 1. The van der Waals surface area contributed by atoms with E-state index in [2.05, 4.69) is 15.2 Å². The lowest BCUT2D eigenvalue weighted by atomic mass is 10.0. The summed E-state index contributed by atoms with van der Waals surface area (Å²) in [4.78, 5) is 19.7. The number of nitrogen functional groups attached to an aromatic ring is 1. The van der Waals surface area contributed by atoms with Crippen LogP contribution in [0.2, 0.25) is 0 Å². The summed E-state index contributed by atoms with van der Waals surface area (Å²) in [6.07, 6.45) is 3.61. The lowest BCUT2D eigenvalue weighted by molar-refractivity contribution is 0.0708. The van der Waals surface area contributed by atoms with Gasteiger partial charge in [0.1, 0.15) is 18.2 Å². The van der Waals surface area contributed by atoms with Gasteiger partial charge in [0, 0.05) is 49.4 Å². The SMILES string of the molecule is CN(C(=O)c1ccc2nc(N)c3cnn(C)c3c2c1)[C@@H]1COc2cc(-c3ccn(C)n3)ccc21. The van der Waals surface area contributed by atoms with Gasteiger partial charge >= 0.3 is 0 Å². The van der Waals surface area contributed by atoms with Crippen LogP contribution in [0.5, 0.6) is 5.75 Å². The van der Waals surface area contributed by atoms with E-state index in [-0.39, 0.29) is 11.9 Å². The maximum absolute atomic E-state index is 13.5. The molecule has 1 aliphatic heterocycles. The zero-order valence-corrected chi connectivity index (χ0v) is 19.1.